The molecule has 11 rings (SSSR count). The average molecular weight is 631 g/mol. The summed E-state index contributed by atoms with van der Waals surface area (Å²) in [5.74, 6) is 0. The maximum absolute atomic E-state index is 6.51. The number of thiophene rings is 1. The molecule has 0 aliphatic rings. The van der Waals surface area contributed by atoms with Crippen molar-refractivity contribution in [1.82, 2.24) is 9.13 Å². The maximum Gasteiger partial charge on any atom is 0.213 e. The highest BCUT2D eigenvalue weighted by Gasteiger charge is 2.20. The van der Waals surface area contributed by atoms with Crippen molar-refractivity contribution in [3.8, 4) is 22.5 Å². The van der Waals surface area contributed by atoms with Crippen molar-refractivity contribution in [1.29, 1.82) is 0 Å². The van der Waals surface area contributed by atoms with Crippen LogP contribution >= 0.6 is 11.3 Å². The van der Waals surface area contributed by atoms with Crippen LogP contribution in [0.5, 0.6) is 0 Å². The summed E-state index contributed by atoms with van der Waals surface area (Å²) < 4.78 is 13.8. The number of furan rings is 1. The summed E-state index contributed by atoms with van der Waals surface area (Å²) in [6.07, 6.45) is 0. The molecule has 0 saturated carbocycles. The minimum atomic E-state index is 0.883. The third-order valence-corrected chi connectivity index (χ3v) is 11.0. The largest absolute Gasteiger partial charge is 0.439 e. The van der Waals surface area contributed by atoms with Crippen molar-refractivity contribution in [3.05, 3.63) is 158 Å². The molecule has 4 heterocycles. The van der Waals surface area contributed by atoms with Crippen molar-refractivity contribution >= 4 is 86.3 Å². The second-order valence-corrected chi connectivity index (χ2v) is 13.6. The summed E-state index contributed by atoms with van der Waals surface area (Å²) in [6, 6.07) is 57.0. The highest BCUT2D eigenvalue weighted by atomic mass is 32.1. The van der Waals surface area contributed by atoms with Crippen molar-refractivity contribution in [3.63, 3.8) is 0 Å². The van der Waals surface area contributed by atoms with Gasteiger partial charge in [0.05, 0.1) is 21.9 Å². The zero-order valence-corrected chi connectivity index (χ0v) is 26.5. The van der Waals surface area contributed by atoms with Crippen LogP contribution in [0.1, 0.15) is 0 Å². The molecule has 4 heteroatoms. The smallest absolute Gasteiger partial charge is 0.213 e. The summed E-state index contributed by atoms with van der Waals surface area (Å²) in [4.78, 5) is 0. The molecule has 0 unspecified atom stereocenters. The Balaban J connectivity index is 1.08. The van der Waals surface area contributed by atoms with Crippen molar-refractivity contribution in [2.24, 2.45) is 0 Å². The topological polar surface area (TPSA) is 23.0 Å². The van der Waals surface area contributed by atoms with Crippen LogP contribution in [0.4, 0.5) is 0 Å². The minimum Gasteiger partial charge on any atom is -0.439 e. The monoisotopic (exact) mass is 630 g/mol. The van der Waals surface area contributed by atoms with Gasteiger partial charge in [0.2, 0.25) is 5.71 Å². The molecule has 0 aliphatic carbocycles. The molecule has 0 atom stereocenters. The van der Waals surface area contributed by atoms with Gasteiger partial charge in [-0.2, -0.15) is 0 Å². The molecule has 3 nitrogen and oxygen atoms in total. The average Bonchev–Trinajstić information content (AvgIpc) is 3.88. The molecule has 4 aromatic heterocycles. The van der Waals surface area contributed by atoms with Crippen molar-refractivity contribution in [2.75, 3.05) is 0 Å². The molecule has 48 heavy (non-hydrogen) atoms. The quantitative estimate of drug-likeness (QED) is 0.190. The number of nitrogens with zero attached hydrogens (tertiary/aromatic N) is 2. The van der Waals surface area contributed by atoms with E-state index in [0.29, 0.717) is 0 Å². The zero-order valence-electron chi connectivity index (χ0n) is 25.7. The van der Waals surface area contributed by atoms with Crippen LogP contribution in [-0.2, 0) is 0 Å². The molecular weight excluding hydrogens is 605 g/mol. The van der Waals surface area contributed by atoms with E-state index >= 15 is 0 Å². The van der Waals surface area contributed by atoms with E-state index in [2.05, 4.69) is 161 Å². The molecular formula is C44H26N2OS. The first kappa shape index (κ1) is 26.0. The summed E-state index contributed by atoms with van der Waals surface area (Å²) in [6.45, 7) is 0. The number of hydrogen-bond acceptors (Lipinski definition) is 2. The lowest BCUT2D eigenvalue weighted by atomic mass is 10.0. The Morgan fingerprint density at radius 2 is 1.00 bits per heavy atom. The fourth-order valence-electron chi connectivity index (χ4n) is 7.79. The fourth-order valence-corrected chi connectivity index (χ4v) is 8.96. The molecule has 0 radical (unpaired) electrons. The zero-order chi connectivity index (χ0) is 31.3. The summed E-state index contributed by atoms with van der Waals surface area (Å²) in [5, 5.41) is 8.66. The van der Waals surface area contributed by atoms with Gasteiger partial charge in [-0.25, -0.2) is 0 Å². The van der Waals surface area contributed by atoms with E-state index in [9.17, 15) is 0 Å². The standard InChI is InChI=1S/C44H26N2OS/c1-2-10-29(11-3-1)46-39-24-27(19-22-35(39)43-36-14-6-9-17-40(36)47-44(43)46)28-18-21-33-34-23-20-30(26-42(34)48-41(33)25-28)45-37-15-7-4-12-31(37)32-13-5-8-16-38(32)45/h1-26H. The summed E-state index contributed by atoms with van der Waals surface area (Å²) in [5.41, 5.74) is 10.1. The number of para-hydroxylation sites is 4. The molecule has 0 aliphatic heterocycles. The van der Waals surface area contributed by atoms with Gasteiger partial charge >= 0.3 is 0 Å². The molecule has 0 bridgehead atoms. The second kappa shape index (κ2) is 9.71. The van der Waals surface area contributed by atoms with Crippen LogP contribution < -0.4 is 0 Å². The molecule has 0 saturated heterocycles. The molecule has 224 valence electrons. The van der Waals surface area contributed by atoms with E-state index in [0.717, 1.165) is 33.3 Å². The lowest BCUT2D eigenvalue weighted by molar-refractivity contribution is 0.645. The normalized spacial score (nSPS) is 12.2. The van der Waals surface area contributed by atoms with E-state index in [1.807, 2.05) is 17.4 Å². The second-order valence-electron chi connectivity index (χ2n) is 12.5. The first-order chi connectivity index (χ1) is 23.8. The van der Waals surface area contributed by atoms with Crippen molar-refractivity contribution < 1.29 is 4.42 Å². The van der Waals surface area contributed by atoms with Crippen molar-refractivity contribution in [2.45, 2.75) is 0 Å². The van der Waals surface area contributed by atoms with Crippen LogP contribution in [0, 0.1) is 0 Å². The van der Waals surface area contributed by atoms with Gasteiger partial charge in [0.25, 0.3) is 0 Å². The Labute approximate surface area is 279 Å². The predicted octanol–water partition coefficient (Wildman–Crippen LogP) is 12.7. The number of aromatic nitrogens is 2. The summed E-state index contributed by atoms with van der Waals surface area (Å²) >= 11 is 1.87. The maximum atomic E-state index is 6.51. The number of benzene rings is 7. The highest BCUT2D eigenvalue weighted by Crippen LogP contribution is 2.42. The molecule has 0 N–H and O–H groups in total. The van der Waals surface area contributed by atoms with E-state index in [-0.39, 0.29) is 0 Å². The first-order valence-corrected chi connectivity index (χ1v) is 17.1. The third-order valence-electron chi connectivity index (χ3n) is 9.93. The van der Waals surface area contributed by atoms with Gasteiger partial charge < -0.3 is 8.98 Å². The molecule has 0 fully saturated rings. The minimum absolute atomic E-state index is 0.883. The van der Waals surface area contributed by atoms with Crippen LogP contribution in [0.3, 0.4) is 0 Å². The third kappa shape index (κ3) is 3.58. The van der Waals surface area contributed by atoms with Gasteiger partial charge in [0.15, 0.2) is 0 Å². The van der Waals surface area contributed by atoms with Gasteiger partial charge in [-0.1, -0.05) is 103 Å². The van der Waals surface area contributed by atoms with Gasteiger partial charge in [0.1, 0.15) is 5.58 Å². The van der Waals surface area contributed by atoms with Gasteiger partial charge in [0, 0.05) is 53.1 Å². The molecule has 0 amide bonds. The van der Waals surface area contributed by atoms with Crippen LogP contribution in [0.15, 0.2) is 162 Å². The first-order valence-electron chi connectivity index (χ1n) is 16.3. The number of rotatable bonds is 3. The Morgan fingerprint density at radius 3 is 1.77 bits per heavy atom. The van der Waals surface area contributed by atoms with Gasteiger partial charge in [-0.15, -0.1) is 11.3 Å². The predicted molar refractivity (Wildman–Crippen MR) is 203 cm³/mol. The lowest BCUT2D eigenvalue weighted by Gasteiger charge is -2.08. The van der Waals surface area contributed by atoms with E-state index in [1.165, 1.54) is 64.2 Å². The SMILES string of the molecule is c1ccc(-n2c3cc(-c4ccc5c(c4)sc4cc(-n6c7ccccc7c7ccccc76)ccc45)ccc3c3c4ccccc4oc32)cc1. The van der Waals surface area contributed by atoms with E-state index in [4.69, 9.17) is 4.42 Å². The Bertz CT molecular complexity index is 3010. The highest BCUT2D eigenvalue weighted by molar-refractivity contribution is 7.25. The van der Waals surface area contributed by atoms with Gasteiger partial charge in [-0.3, -0.25) is 4.57 Å². The Hall–Kier alpha value is -6.10. The number of hydrogen-bond donors (Lipinski definition) is 0. The van der Waals surface area contributed by atoms with E-state index < -0.39 is 0 Å². The molecule has 0 spiro atoms. The Morgan fingerprint density at radius 1 is 0.396 bits per heavy atom. The number of fused-ring (bicyclic) bond motifs is 11. The lowest BCUT2D eigenvalue weighted by Crippen LogP contribution is -1.93. The summed E-state index contributed by atoms with van der Waals surface area (Å²) in [7, 11) is 0. The van der Waals surface area contributed by atoms with Gasteiger partial charge in [-0.05, 0) is 65.7 Å². The van der Waals surface area contributed by atoms with Crippen LogP contribution in [-0.4, -0.2) is 9.13 Å². The molecule has 11 aromatic rings. The van der Waals surface area contributed by atoms with Crippen LogP contribution in [0.2, 0.25) is 0 Å². The Kier molecular flexibility index (Phi) is 5.26. The van der Waals surface area contributed by atoms with Crippen LogP contribution in [0.25, 0.3) is 97.5 Å². The van der Waals surface area contributed by atoms with E-state index in [1.54, 1.807) is 0 Å². The fraction of sp³-hybridized carbons (Fsp3) is 0. The molecule has 7 aromatic carbocycles.